The van der Waals surface area contributed by atoms with Gasteiger partial charge in [0, 0.05) is 9.92 Å². The minimum absolute atomic E-state index is 0.0883. The molecule has 3 nitrogen and oxygen atoms in total. The summed E-state index contributed by atoms with van der Waals surface area (Å²) in [6.07, 6.45) is 0. The van der Waals surface area contributed by atoms with Crippen molar-refractivity contribution in [2.45, 2.75) is 24.0 Å². The van der Waals surface area contributed by atoms with Crippen LogP contribution in [-0.4, -0.2) is 11.2 Å². The number of amides is 1. The molecular weight excluding hydrogens is 304 g/mol. The number of nitrogen functional groups attached to an aromatic ring is 1. The van der Waals surface area contributed by atoms with Gasteiger partial charge in [-0.1, -0.05) is 29.3 Å². The highest BCUT2D eigenvalue weighted by Gasteiger charge is 2.15. The summed E-state index contributed by atoms with van der Waals surface area (Å²) < 4.78 is 0. The summed E-state index contributed by atoms with van der Waals surface area (Å²) in [5, 5.41) is 3.15. The number of carbonyl (C=O) groups is 1. The number of nitrogens with one attached hydrogen (secondary N) is 1. The zero-order chi connectivity index (χ0) is 15.4. The normalized spacial score (nSPS) is 12.0. The quantitative estimate of drug-likeness (QED) is 0.650. The second kappa shape index (κ2) is 6.87. The van der Waals surface area contributed by atoms with Crippen LogP contribution in [0.4, 0.5) is 11.4 Å². The Morgan fingerprint density at radius 3 is 2.52 bits per heavy atom. The van der Waals surface area contributed by atoms with Gasteiger partial charge in [-0.15, -0.1) is 11.8 Å². The van der Waals surface area contributed by atoms with Gasteiger partial charge in [0.2, 0.25) is 5.91 Å². The van der Waals surface area contributed by atoms with Gasteiger partial charge < -0.3 is 11.1 Å². The number of rotatable bonds is 4. The predicted octanol–water partition coefficient (Wildman–Crippen LogP) is 4.35. The molecule has 0 fully saturated rings. The molecule has 110 valence electrons. The molecule has 0 aromatic heterocycles. The summed E-state index contributed by atoms with van der Waals surface area (Å²) >= 11 is 7.35. The maximum absolute atomic E-state index is 12.2. The van der Waals surface area contributed by atoms with Crippen molar-refractivity contribution in [3.05, 3.63) is 53.1 Å². The lowest BCUT2D eigenvalue weighted by molar-refractivity contribution is -0.115. The number of aryl methyl sites for hydroxylation is 1. The highest BCUT2D eigenvalue weighted by Crippen LogP contribution is 2.26. The van der Waals surface area contributed by atoms with Crippen molar-refractivity contribution >= 4 is 40.6 Å². The first-order chi connectivity index (χ1) is 9.95. The number of hydrogen-bond acceptors (Lipinski definition) is 3. The van der Waals surface area contributed by atoms with Crippen LogP contribution in [0.25, 0.3) is 0 Å². The van der Waals surface area contributed by atoms with Gasteiger partial charge in [0.1, 0.15) is 0 Å². The third-order valence-corrected chi connectivity index (χ3v) is 4.32. The highest BCUT2D eigenvalue weighted by atomic mass is 35.5. The molecule has 1 atom stereocenters. The van der Waals surface area contributed by atoms with Crippen molar-refractivity contribution in [2.24, 2.45) is 0 Å². The minimum Gasteiger partial charge on any atom is -0.397 e. The van der Waals surface area contributed by atoms with E-state index < -0.39 is 0 Å². The number of nitrogens with two attached hydrogens (primary N) is 1. The summed E-state index contributed by atoms with van der Waals surface area (Å²) in [4.78, 5) is 13.3. The molecule has 1 amide bonds. The number of thioether (sulfide) groups is 1. The number of benzene rings is 2. The van der Waals surface area contributed by atoms with Crippen LogP contribution in [0, 0.1) is 6.92 Å². The Bertz CT molecular complexity index is 643. The van der Waals surface area contributed by atoms with Crippen molar-refractivity contribution in [2.75, 3.05) is 11.1 Å². The monoisotopic (exact) mass is 320 g/mol. The van der Waals surface area contributed by atoms with E-state index in [9.17, 15) is 4.79 Å². The molecule has 0 aliphatic rings. The highest BCUT2D eigenvalue weighted by molar-refractivity contribution is 8.00. The molecule has 1 unspecified atom stereocenters. The smallest absolute Gasteiger partial charge is 0.237 e. The van der Waals surface area contributed by atoms with Gasteiger partial charge in [-0.2, -0.15) is 0 Å². The SMILES string of the molecule is Cc1ccc(SC(C)C(=O)Nc2ccc(Cl)cc2N)cc1. The van der Waals surface area contributed by atoms with Gasteiger partial charge in [0.25, 0.3) is 0 Å². The lowest BCUT2D eigenvalue weighted by Crippen LogP contribution is -2.22. The summed E-state index contributed by atoms with van der Waals surface area (Å²) in [7, 11) is 0. The Balaban J connectivity index is 2.00. The molecule has 0 aliphatic heterocycles. The number of halogens is 1. The van der Waals surface area contributed by atoms with Crippen LogP contribution in [0.5, 0.6) is 0 Å². The number of carbonyl (C=O) groups excluding carboxylic acids is 1. The lowest BCUT2D eigenvalue weighted by atomic mass is 10.2. The van der Waals surface area contributed by atoms with Crippen molar-refractivity contribution in [3.8, 4) is 0 Å². The maximum Gasteiger partial charge on any atom is 0.237 e. The largest absolute Gasteiger partial charge is 0.397 e. The number of hydrogen-bond donors (Lipinski definition) is 2. The second-order valence-corrected chi connectivity index (χ2v) is 6.64. The molecule has 0 saturated heterocycles. The van der Waals surface area contributed by atoms with Crippen molar-refractivity contribution in [3.63, 3.8) is 0 Å². The number of anilines is 2. The Hall–Kier alpha value is -1.65. The molecule has 0 radical (unpaired) electrons. The Morgan fingerprint density at radius 1 is 1.24 bits per heavy atom. The molecular formula is C16H17ClN2OS. The van der Waals surface area contributed by atoms with Crippen LogP contribution in [-0.2, 0) is 4.79 Å². The van der Waals surface area contributed by atoms with Gasteiger partial charge in [0.05, 0.1) is 16.6 Å². The lowest BCUT2D eigenvalue weighted by Gasteiger charge is -2.13. The molecule has 0 spiro atoms. The maximum atomic E-state index is 12.2. The topological polar surface area (TPSA) is 55.1 Å². The van der Waals surface area contributed by atoms with Crippen LogP contribution in [0.3, 0.4) is 0 Å². The van der Waals surface area contributed by atoms with Gasteiger partial charge in [-0.3, -0.25) is 4.79 Å². The first-order valence-corrected chi connectivity index (χ1v) is 7.80. The molecule has 0 bridgehead atoms. The summed E-state index contributed by atoms with van der Waals surface area (Å²) in [5.74, 6) is -0.0883. The van der Waals surface area contributed by atoms with E-state index in [1.807, 2.05) is 38.1 Å². The minimum atomic E-state index is -0.220. The van der Waals surface area contributed by atoms with Crippen molar-refractivity contribution < 1.29 is 4.79 Å². The molecule has 2 rings (SSSR count). The second-order valence-electron chi connectivity index (χ2n) is 4.79. The molecule has 3 N–H and O–H groups in total. The molecule has 2 aromatic carbocycles. The van der Waals surface area contributed by atoms with Gasteiger partial charge in [-0.05, 0) is 44.2 Å². The van der Waals surface area contributed by atoms with E-state index in [0.29, 0.717) is 16.4 Å². The van der Waals surface area contributed by atoms with Gasteiger partial charge >= 0.3 is 0 Å². The summed E-state index contributed by atoms with van der Waals surface area (Å²) in [5.41, 5.74) is 8.08. The van der Waals surface area contributed by atoms with Crippen molar-refractivity contribution in [1.29, 1.82) is 0 Å². The third-order valence-electron chi connectivity index (χ3n) is 2.97. The molecule has 5 heteroatoms. The summed E-state index contributed by atoms with van der Waals surface area (Å²) in [6, 6.07) is 13.1. The Labute approximate surface area is 133 Å². The average Bonchev–Trinajstić information content (AvgIpc) is 2.44. The molecule has 2 aromatic rings. The van der Waals surface area contributed by atoms with Crippen LogP contribution in [0.2, 0.25) is 5.02 Å². The van der Waals surface area contributed by atoms with E-state index in [0.717, 1.165) is 4.90 Å². The average molecular weight is 321 g/mol. The van der Waals surface area contributed by atoms with E-state index in [1.165, 1.54) is 17.3 Å². The van der Waals surface area contributed by atoms with Crippen LogP contribution < -0.4 is 11.1 Å². The molecule has 0 saturated carbocycles. The summed E-state index contributed by atoms with van der Waals surface area (Å²) in [6.45, 7) is 3.90. The zero-order valence-electron chi connectivity index (χ0n) is 11.9. The fraction of sp³-hybridized carbons (Fsp3) is 0.188. The first kappa shape index (κ1) is 15.7. The Kier molecular flexibility index (Phi) is 5.15. The zero-order valence-corrected chi connectivity index (χ0v) is 13.5. The predicted molar refractivity (Wildman–Crippen MR) is 91.0 cm³/mol. The van der Waals surface area contributed by atoms with E-state index in [-0.39, 0.29) is 11.2 Å². The first-order valence-electron chi connectivity index (χ1n) is 6.55. The van der Waals surface area contributed by atoms with E-state index in [4.69, 9.17) is 17.3 Å². The van der Waals surface area contributed by atoms with Crippen LogP contribution >= 0.6 is 23.4 Å². The van der Waals surface area contributed by atoms with Crippen LogP contribution in [0.15, 0.2) is 47.4 Å². The molecule has 21 heavy (non-hydrogen) atoms. The van der Waals surface area contributed by atoms with Gasteiger partial charge in [-0.25, -0.2) is 0 Å². The van der Waals surface area contributed by atoms with E-state index >= 15 is 0 Å². The molecule has 0 aliphatic carbocycles. The fourth-order valence-electron chi connectivity index (χ4n) is 1.76. The van der Waals surface area contributed by atoms with Crippen molar-refractivity contribution in [1.82, 2.24) is 0 Å². The van der Waals surface area contributed by atoms with E-state index in [2.05, 4.69) is 5.32 Å². The van der Waals surface area contributed by atoms with E-state index in [1.54, 1.807) is 18.2 Å². The fourth-order valence-corrected chi connectivity index (χ4v) is 2.80. The third kappa shape index (κ3) is 4.41. The standard InChI is InChI=1S/C16H17ClN2OS/c1-10-3-6-13(7-4-10)21-11(2)16(20)19-15-8-5-12(17)9-14(15)18/h3-9,11H,18H2,1-2H3,(H,19,20). The van der Waals surface area contributed by atoms with Gasteiger partial charge in [0.15, 0.2) is 0 Å². The Morgan fingerprint density at radius 2 is 1.90 bits per heavy atom. The molecule has 0 heterocycles. The van der Waals surface area contributed by atoms with Crippen LogP contribution in [0.1, 0.15) is 12.5 Å².